The predicted molar refractivity (Wildman–Crippen MR) is 84.3 cm³/mol. The van der Waals surface area contributed by atoms with E-state index in [1.807, 2.05) is 0 Å². The number of carbonyl (C=O) groups excluding carboxylic acids is 1. The number of hydrogen-bond donors (Lipinski definition) is 4. The minimum atomic E-state index is -1.08. The lowest BCUT2D eigenvalue weighted by molar-refractivity contribution is -0.138. The van der Waals surface area contributed by atoms with E-state index in [2.05, 4.69) is 31.4 Å². The van der Waals surface area contributed by atoms with E-state index in [0.717, 1.165) is 11.8 Å². The lowest BCUT2D eigenvalue weighted by atomic mass is 10.2. The van der Waals surface area contributed by atoms with Crippen molar-refractivity contribution in [3.8, 4) is 11.5 Å². The van der Waals surface area contributed by atoms with Gasteiger partial charge in [-0.3, -0.25) is 9.59 Å². The highest BCUT2D eigenvalue weighted by molar-refractivity contribution is 9.10. The number of phenolic OH excluding ortho intramolecular Hbond substituents is 2. The Morgan fingerprint density at radius 1 is 1.41 bits per heavy atom. The molecular weight excluding hydrogens is 378 g/mol. The van der Waals surface area contributed by atoms with Gasteiger partial charge in [-0.1, -0.05) is 11.8 Å². The van der Waals surface area contributed by atoms with Gasteiger partial charge >= 0.3 is 5.97 Å². The summed E-state index contributed by atoms with van der Waals surface area (Å²) in [4.78, 5) is 22.1. The Labute approximate surface area is 137 Å². The first-order chi connectivity index (χ1) is 10.4. The number of rotatable bonds is 4. The summed E-state index contributed by atoms with van der Waals surface area (Å²) in [7, 11) is 0. The quantitative estimate of drug-likeness (QED) is 0.349. The van der Waals surface area contributed by atoms with Crippen molar-refractivity contribution in [2.75, 3.05) is 0 Å². The average Bonchev–Trinajstić information content (AvgIpc) is 2.78. The van der Waals surface area contributed by atoms with E-state index in [1.54, 1.807) is 0 Å². The van der Waals surface area contributed by atoms with Crippen molar-refractivity contribution in [1.29, 1.82) is 0 Å². The molecule has 8 nitrogen and oxygen atoms in total. The molecule has 1 amide bonds. The van der Waals surface area contributed by atoms with Gasteiger partial charge in [-0.2, -0.15) is 5.10 Å². The fourth-order valence-electron chi connectivity index (χ4n) is 1.58. The minimum Gasteiger partial charge on any atom is -0.507 e. The standard InChI is InChI=1S/C12H10BrN3O5S/c13-10-5(6(17)1-2-7(10)18)4-14-16-12-15-11(21)8(22-12)3-9(19)20/h1-2,4,8,17-18H,3H2,(H,19,20)(H,15,16,21). The average molecular weight is 388 g/mol. The van der Waals surface area contributed by atoms with Crippen LogP contribution in [0.2, 0.25) is 0 Å². The summed E-state index contributed by atoms with van der Waals surface area (Å²) >= 11 is 4.07. The van der Waals surface area contributed by atoms with E-state index in [9.17, 15) is 19.8 Å². The number of carboxylic acid groups (broad SMARTS) is 1. The molecule has 1 aliphatic rings. The van der Waals surface area contributed by atoms with Gasteiger partial charge in [0.05, 0.1) is 22.7 Å². The number of hydrogen-bond acceptors (Lipinski definition) is 7. The van der Waals surface area contributed by atoms with E-state index < -0.39 is 17.1 Å². The molecule has 1 aromatic rings. The molecule has 0 aliphatic carbocycles. The van der Waals surface area contributed by atoms with Gasteiger partial charge < -0.3 is 20.6 Å². The number of amides is 1. The van der Waals surface area contributed by atoms with Crippen LogP contribution in [0.15, 0.2) is 26.8 Å². The Balaban J connectivity index is 2.11. The maximum atomic E-state index is 11.5. The first kappa shape index (κ1) is 16.3. The molecule has 1 atom stereocenters. The number of benzene rings is 1. The fourth-order valence-corrected chi connectivity index (χ4v) is 2.93. The molecule has 116 valence electrons. The number of carbonyl (C=O) groups is 2. The summed E-state index contributed by atoms with van der Waals surface area (Å²) in [6.07, 6.45) is 0.890. The molecule has 4 N–H and O–H groups in total. The maximum absolute atomic E-state index is 11.5. The largest absolute Gasteiger partial charge is 0.507 e. The molecule has 1 fully saturated rings. The summed E-state index contributed by atoms with van der Waals surface area (Å²) in [6, 6.07) is 2.61. The number of nitrogens with one attached hydrogen (secondary N) is 1. The first-order valence-electron chi connectivity index (χ1n) is 5.89. The SMILES string of the molecule is O=C(O)CC1SC(=NN=Cc2c(O)ccc(O)c2Br)NC1=O. The Morgan fingerprint density at radius 3 is 2.77 bits per heavy atom. The molecule has 0 spiro atoms. The topological polar surface area (TPSA) is 132 Å². The first-order valence-corrected chi connectivity index (χ1v) is 7.56. The van der Waals surface area contributed by atoms with Crippen molar-refractivity contribution >= 4 is 51.0 Å². The zero-order valence-corrected chi connectivity index (χ0v) is 13.3. The predicted octanol–water partition coefficient (Wildman–Crippen LogP) is 1.26. The third-order valence-electron chi connectivity index (χ3n) is 2.61. The number of carboxylic acids is 1. The van der Waals surface area contributed by atoms with Crippen LogP contribution in [-0.4, -0.2) is 43.8 Å². The van der Waals surface area contributed by atoms with Crippen LogP contribution in [0.1, 0.15) is 12.0 Å². The van der Waals surface area contributed by atoms with E-state index in [0.29, 0.717) is 0 Å². The van der Waals surface area contributed by atoms with Gasteiger partial charge in [0.1, 0.15) is 16.7 Å². The van der Waals surface area contributed by atoms with Crippen LogP contribution in [-0.2, 0) is 9.59 Å². The highest BCUT2D eigenvalue weighted by Crippen LogP contribution is 2.32. The number of aromatic hydroxyl groups is 2. The van der Waals surface area contributed by atoms with Crippen LogP contribution in [0.5, 0.6) is 11.5 Å². The van der Waals surface area contributed by atoms with Gasteiger partial charge in [0.2, 0.25) is 5.91 Å². The zero-order valence-electron chi connectivity index (χ0n) is 10.9. The molecule has 1 unspecified atom stereocenters. The van der Waals surface area contributed by atoms with E-state index in [1.165, 1.54) is 18.3 Å². The molecule has 10 heteroatoms. The normalized spacial score (nSPS) is 19.8. The molecule has 0 bridgehead atoms. The summed E-state index contributed by atoms with van der Waals surface area (Å²) in [5.41, 5.74) is 0.223. The van der Waals surface area contributed by atoms with Crippen molar-refractivity contribution in [3.63, 3.8) is 0 Å². The number of halogens is 1. The molecule has 1 aliphatic heterocycles. The van der Waals surface area contributed by atoms with Crippen LogP contribution in [0.4, 0.5) is 0 Å². The summed E-state index contributed by atoms with van der Waals surface area (Å²) in [5.74, 6) is -1.70. The Hall–Kier alpha value is -2.07. The molecule has 0 radical (unpaired) electrons. The van der Waals surface area contributed by atoms with Crippen molar-refractivity contribution in [2.45, 2.75) is 11.7 Å². The molecule has 1 saturated heterocycles. The van der Waals surface area contributed by atoms with Crippen LogP contribution < -0.4 is 5.32 Å². The van der Waals surface area contributed by atoms with Gasteiger partial charge in [-0.15, -0.1) is 5.10 Å². The highest BCUT2D eigenvalue weighted by atomic mass is 79.9. The highest BCUT2D eigenvalue weighted by Gasteiger charge is 2.32. The van der Waals surface area contributed by atoms with Crippen molar-refractivity contribution in [3.05, 3.63) is 22.2 Å². The second-order valence-corrected chi connectivity index (χ2v) is 6.16. The van der Waals surface area contributed by atoms with Crippen LogP contribution in [0, 0.1) is 0 Å². The van der Waals surface area contributed by atoms with E-state index in [4.69, 9.17) is 5.11 Å². The number of nitrogens with zero attached hydrogens (tertiary/aromatic N) is 2. The molecule has 22 heavy (non-hydrogen) atoms. The second-order valence-electron chi connectivity index (χ2n) is 4.17. The number of aliphatic carboxylic acids is 1. The summed E-state index contributed by atoms with van der Waals surface area (Å²) < 4.78 is 0.253. The summed E-state index contributed by atoms with van der Waals surface area (Å²) in [6.45, 7) is 0. The smallest absolute Gasteiger partial charge is 0.305 e. The molecular formula is C12H10BrN3O5S. The molecule has 1 aromatic carbocycles. The number of amidine groups is 1. The van der Waals surface area contributed by atoms with Crippen molar-refractivity contribution < 1.29 is 24.9 Å². The molecule has 0 saturated carbocycles. The van der Waals surface area contributed by atoms with Gasteiger partial charge in [0.25, 0.3) is 0 Å². The monoisotopic (exact) mass is 387 g/mol. The van der Waals surface area contributed by atoms with Crippen LogP contribution >= 0.6 is 27.7 Å². The van der Waals surface area contributed by atoms with Gasteiger partial charge in [-0.25, -0.2) is 0 Å². The lowest BCUT2D eigenvalue weighted by Gasteiger charge is -2.02. The Kier molecular flexibility index (Phi) is 5.03. The van der Waals surface area contributed by atoms with Crippen LogP contribution in [0.25, 0.3) is 0 Å². The van der Waals surface area contributed by atoms with Crippen LogP contribution in [0.3, 0.4) is 0 Å². The van der Waals surface area contributed by atoms with Gasteiger partial charge in [-0.05, 0) is 28.1 Å². The minimum absolute atomic E-state index is 0.0723. The molecule has 2 rings (SSSR count). The Morgan fingerprint density at radius 2 is 2.09 bits per heavy atom. The summed E-state index contributed by atoms with van der Waals surface area (Å²) in [5, 5.41) is 37.2. The van der Waals surface area contributed by atoms with Gasteiger partial charge in [0, 0.05) is 0 Å². The maximum Gasteiger partial charge on any atom is 0.305 e. The molecule has 1 heterocycles. The zero-order chi connectivity index (χ0) is 16.3. The number of thioether (sulfide) groups is 1. The Bertz CT molecular complexity index is 692. The molecule has 0 aromatic heterocycles. The van der Waals surface area contributed by atoms with Crippen molar-refractivity contribution in [1.82, 2.24) is 5.32 Å². The third kappa shape index (κ3) is 3.77. The van der Waals surface area contributed by atoms with E-state index in [-0.39, 0.29) is 33.1 Å². The van der Waals surface area contributed by atoms with E-state index >= 15 is 0 Å². The fraction of sp³-hybridized carbons (Fsp3) is 0.167. The second kappa shape index (κ2) is 6.79. The third-order valence-corrected chi connectivity index (χ3v) is 4.51. The number of phenols is 2. The lowest BCUT2D eigenvalue weighted by Crippen LogP contribution is -2.26. The van der Waals surface area contributed by atoms with Gasteiger partial charge in [0.15, 0.2) is 5.17 Å². The van der Waals surface area contributed by atoms with Crippen molar-refractivity contribution in [2.24, 2.45) is 10.2 Å².